The van der Waals surface area contributed by atoms with Crippen molar-refractivity contribution in [1.82, 2.24) is 14.5 Å². The number of fused-ring (bicyclic) bond motifs is 1. The number of rotatable bonds is 6. The number of nitrogens with one attached hydrogen (secondary N) is 3. The zero-order valence-electron chi connectivity index (χ0n) is 17.6. The highest BCUT2D eigenvalue weighted by molar-refractivity contribution is 6.12. The Morgan fingerprint density at radius 2 is 1.97 bits per heavy atom. The largest absolute Gasteiger partial charge is 0.329 e. The standard InChI is InChI=1S/C22H22FN5O4/c1-3-8-28-19-18(21(31)27-22(28)32)14(10-16(26-19)12-4-5-12)20(30)25-13-6-7-15(23)17(9-13)24-11(2)29/h6-7,9-10,12H,3-5,8H2,1-2H3,(H,24,29)(H,25,30)(H,27,31,32). The van der Waals surface area contributed by atoms with Crippen LogP contribution in [-0.2, 0) is 11.3 Å². The molecule has 2 amide bonds. The molecule has 0 radical (unpaired) electrons. The summed E-state index contributed by atoms with van der Waals surface area (Å²) in [6.07, 6.45) is 2.47. The molecular weight excluding hydrogens is 417 g/mol. The van der Waals surface area contributed by atoms with Crippen molar-refractivity contribution in [2.24, 2.45) is 0 Å². The number of halogens is 1. The summed E-state index contributed by atoms with van der Waals surface area (Å²) in [5, 5.41) is 5.02. The zero-order chi connectivity index (χ0) is 23.0. The van der Waals surface area contributed by atoms with Crippen LogP contribution in [0.2, 0.25) is 0 Å². The molecule has 2 aromatic heterocycles. The highest BCUT2D eigenvalue weighted by Gasteiger charge is 2.28. The van der Waals surface area contributed by atoms with E-state index in [1.165, 1.54) is 23.6 Å². The van der Waals surface area contributed by atoms with E-state index in [1.54, 1.807) is 6.07 Å². The molecule has 0 spiro atoms. The summed E-state index contributed by atoms with van der Waals surface area (Å²) < 4.78 is 15.3. The number of aromatic amines is 1. The van der Waals surface area contributed by atoms with E-state index < -0.39 is 28.9 Å². The van der Waals surface area contributed by atoms with E-state index in [-0.39, 0.29) is 33.9 Å². The molecule has 3 aromatic rings. The number of aryl methyl sites for hydroxylation is 1. The van der Waals surface area contributed by atoms with E-state index in [0.717, 1.165) is 18.9 Å². The first-order chi connectivity index (χ1) is 15.3. The molecule has 0 saturated heterocycles. The van der Waals surface area contributed by atoms with E-state index in [0.29, 0.717) is 18.7 Å². The van der Waals surface area contributed by atoms with Gasteiger partial charge in [0.2, 0.25) is 5.91 Å². The molecule has 1 aromatic carbocycles. The Morgan fingerprint density at radius 1 is 1.22 bits per heavy atom. The van der Waals surface area contributed by atoms with Gasteiger partial charge in [-0.1, -0.05) is 6.92 Å². The van der Waals surface area contributed by atoms with Crippen molar-refractivity contribution < 1.29 is 14.0 Å². The smallest absolute Gasteiger partial charge is 0.324 e. The maximum Gasteiger partial charge on any atom is 0.329 e. The third-order valence-corrected chi connectivity index (χ3v) is 5.19. The Kier molecular flexibility index (Phi) is 5.60. The highest BCUT2D eigenvalue weighted by atomic mass is 19.1. The second-order valence-electron chi connectivity index (χ2n) is 7.81. The van der Waals surface area contributed by atoms with Crippen LogP contribution in [0.25, 0.3) is 11.0 Å². The molecule has 0 bridgehead atoms. The number of hydrogen-bond acceptors (Lipinski definition) is 5. The minimum absolute atomic E-state index is 0.0177. The number of aromatic nitrogens is 3. The van der Waals surface area contributed by atoms with Gasteiger partial charge in [0, 0.05) is 30.8 Å². The first kappa shape index (κ1) is 21.4. The Morgan fingerprint density at radius 3 is 2.62 bits per heavy atom. The molecular formula is C22H22FN5O4. The van der Waals surface area contributed by atoms with Gasteiger partial charge in [0.25, 0.3) is 11.5 Å². The fourth-order valence-corrected chi connectivity index (χ4v) is 3.58. The zero-order valence-corrected chi connectivity index (χ0v) is 17.6. The lowest BCUT2D eigenvalue weighted by atomic mass is 10.1. The van der Waals surface area contributed by atoms with Gasteiger partial charge in [-0.25, -0.2) is 14.2 Å². The summed E-state index contributed by atoms with van der Waals surface area (Å²) in [5.41, 5.74) is -0.221. The number of pyridine rings is 1. The number of carbonyl (C=O) groups is 2. The van der Waals surface area contributed by atoms with Crippen LogP contribution in [0.4, 0.5) is 15.8 Å². The van der Waals surface area contributed by atoms with Crippen molar-refractivity contribution >= 4 is 34.2 Å². The second kappa shape index (κ2) is 8.37. The fraction of sp³-hybridized carbons (Fsp3) is 0.318. The molecule has 4 rings (SSSR count). The van der Waals surface area contributed by atoms with Crippen LogP contribution in [0, 0.1) is 5.82 Å². The van der Waals surface area contributed by atoms with Crippen molar-refractivity contribution in [3.8, 4) is 0 Å². The third-order valence-electron chi connectivity index (χ3n) is 5.19. The van der Waals surface area contributed by atoms with Gasteiger partial charge in [-0.05, 0) is 43.5 Å². The van der Waals surface area contributed by atoms with Crippen LogP contribution in [0.3, 0.4) is 0 Å². The second-order valence-corrected chi connectivity index (χ2v) is 7.81. The molecule has 9 nitrogen and oxygen atoms in total. The Bertz CT molecular complexity index is 1360. The highest BCUT2D eigenvalue weighted by Crippen LogP contribution is 2.40. The fourth-order valence-electron chi connectivity index (χ4n) is 3.58. The maximum absolute atomic E-state index is 13.9. The summed E-state index contributed by atoms with van der Waals surface area (Å²) in [7, 11) is 0. The van der Waals surface area contributed by atoms with E-state index in [4.69, 9.17) is 0 Å². The molecule has 2 heterocycles. The van der Waals surface area contributed by atoms with Gasteiger partial charge in [0.05, 0.1) is 16.6 Å². The topological polar surface area (TPSA) is 126 Å². The number of hydrogen-bond donors (Lipinski definition) is 3. The normalized spacial score (nSPS) is 13.2. The molecule has 1 saturated carbocycles. The third kappa shape index (κ3) is 4.16. The monoisotopic (exact) mass is 439 g/mol. The number of benzene rings is 1. The number of amides is 2. The Balaban J connectivity index is 1.82. The van der Waals surface area contributed by atoms with Gasteiger partial charge < -0.3 is 10.6 Å². The summed E-state index contributed by atoms with van der Waals surface area (Å²) >= 11 is 0. The van der Waals surface area contributed by atoms with Gasteiger partial charge in [-0.3, -0.25) is 23.9 Å². The minimum Gasteiger partial charge on any atom is -0.324 e. The van der Waals surface area contributed by atoms with Crippen LogP contribution >= 0.6 is 0 Å². The number of nitrogens with zero attached hydrogens (tertiary/aromatic N) is 2. The molecule has 166 valence electrons. The first-order valence-electron chi connectivity index (χ1n) is 10.3. The quantitative estimate of drug-likeness (QED) is 0.544. The average Bonchev–Trinajstić information content (AvgIpc) is 3.57. The van der Waals surface area contributed by atoms with E-state index in [1.807, 2.05) is 6.92 Å². The summed E-state index contributed by atoms with van der Waals surface area (Å²) in [6.45, 7) is 3.48. The predicted octanol–water partition coefficient (Wildman–Crippen LogP) is 2.72. The molecule has 0 unspecified atom stereocenters. The molecule has 0 aliphatic heterocycles. The van der Waals surface area contributed by atoms with Crippen LogP contribution in [0.5, 0.6) is 0 Å². The molecule has 32 heavy (non-hydrogen) atoms. The lowest BCUT2D eigenvalue weighted by molar-refractivity contribution is -0.114. The van der Waals surface area contributed by atoms with Crippen molar-refractivity contribution in [1.29, 1.82) is 0 Å². The van der Waals surface area contributed by atoms with Gasteiger partial charge in [0.1, 0.15) is 5.82 Å². The van der Waals surface area contributed by atoms with Crippen molar-refractivity contribution in [3.63, 3.8) is 0 Å². The van der Waals surface area contributed by atoms with Crippen molar-refractivity contribution in [2.45, 2.75) is 45.6 Å². The average molecular weight is 439 g/mol. The van der Waals surface area contributed by atoms with Gasteiger partial charge in [-0.15, -0.1) is 0 Å². The minimum atomic E-state index is -0.699. The van der Waals surface area contributed by atoms with E-state index in [9.17, 15) is 23.6 Å². The lowest BCUT2D eigenvalue weighted by Crippen LogP contribution is -2.32. The molecule has 1 aliphatic rings. The molecule has 10 heteroatoms. The number of H-pyrrole nitrogens is 1. The molecule has 3 N–H and O–H groups in total. The lowest BCUT2D eigenvalue weighted by Gasteiger charge is -2.13. The van der Waals surface area contributed by atoms with Crippen LogP contribution < -0.4 is 21.9 Å². The summed E-state index contributed by atoms with van der Waals surface area (Å²) in [4.78, 5) is 56.3. The van der Waals surface area contributed by atoms with E-state index >= 15 is 0 Å². The Labute approximate surface area is 181 Å². The van der Waals surface area contributed by atoms with Crippen LogP contribution in [0.1, 0.15) is 55.1 Å². The molecule has 1 fully saturated rings. The summed E-state index contributed by atoms with van der Waals surface area (Å²) in [5.74, 6) is -1.54. The van der Waals surface area contributed by atoms with Crippen molar-refractivity contribution in [2.75, 3.05) is 10.6 Å². The number of carbonyl (C=O) groups excluding carboxylic acids is 2. The van der Waals surface area contributed by atoms with Crippen LogP contribution in [0.15, 0.2) is 33.9 Å². The first-order valence-corrected chi connectivity index (χ1v) is 10.3. The molecule has 0 atom stereocenters. The van der Waals surface area contributed by atoms with Crippen LogP contribution in [-0.4, -0.2) is 26.3 Å². The van der Waals surface area contributed by atoms with Gasteiger partial charge in [0.15, 0.2) is 5.65 Å². The van der Waals surface area contributed by atoms with Crippen molar-refractivity contribution in [3.05, 3.63) is 62.2 Å². The predicted molar refractivity (Wildman–Crippen MR) is 118 cm³/mol. The Hall–Kier alpha value is -3.82. The SMILES string of the molecule is CCCn1c(=O)[nH]c(=O)c2c(C(=O)Nc3ccc(F)c(NC(C)=O)c3)cc(C3CC3)nc21. The van der Waals surface area contributed by atoms with Gasteiger partial charge >= 0.3 is 5.69 Å². The summed E-state index contributed by atoms with van der Waals surface area (Å²) in [6, 6.07) is 5.33. The molecule has 1 aliphatic carbocycles. The maximum atomic E-state index is 13.9. The van der Waals surface area contributed by atoms with E-state index in [2.05, 4.69) is 20.6 Å². The number of anilines is 2. The van der Waals surface area contributed by atoms with Gasteiger partial charge in [-0.2, -0.15) is 0 Å².